The normalized spacial score (nSPS) is 25.9. The van der Waals surface area contributed by atoms with Gasteiger partial charge in [-0.3, -0.25) is 0 Å². The lowest BCUT2D eigenvalue weighted by Gasteiger charge is -2.25. The largest absolute Gasteiger partial charge is 0.336 e. The van der Waals surface area contributed by atoms with Crippen LogP contribution in [0.5, 0.6) is 0 Å². The number of hydrogen-bond donors (Lipinski definition) is 2. The van der Waals surface area contributed by atoms with E-state index < -0.39 is 0 Å². The van der Waals surface area contributed by atoms with Crippen LogP contribution in [0.2, 0.25) is 0 Å². The highest BCUT2D eigenvalue weighted by atomic mass is 16.2. The first kappa shape index (κ1) is 7.38. The van der Waals surface area contributed by atoms with Gasteiger partial charge in [-0.15, -0.1) is 0 Å². The van der Waals surface area contributed by atoms with Gasteiger partial charge in [-0.25, -0.2) is 4.79 Å². The van der Waals surface area contributed by atoms with Crippen molar-refractivity contribution in [3.8, 4) is 0 Å². The lowest BCUT2D eigenvalue weighted by molar-refractivity contribution is 0.242. The number of nitrogens with one attached hydrogen (secondary N) is 2. The molecule has 0 radical (unpaired) electrons. The van der Waals surface area contributed by atoms with Crippen molar-refractivity contribution in [1.82, 2.24) is 10.6 Å². The SMILES string of the molecule is CC(C)(C)C1CNC(=O)N1. The zero-order chi connectivity index (χ0) is 7.78. The first-order valence-electron chi connectivity index (χ1n) is 3.54. The first-order chi connectivity index (χ1) is 4.50. The van der Waals surface area contributed by atoms with Gasteiger partial charge in [-0.2, -0.15) is 0 Å². The Morgan fingerprint density at radius 3 is 2.30 bits per heavy atom. The summed E-state index contributed by atoms with van der Waals surface area (Å²) >= 11 is 0. The number of rotatable bonds is 0. The van der Waals surface area contributed by atoms with E-state index >= 15 is 0 Å². The first-order valence-corrected chi connectivity index (χ1v) is 3.54. The van der Waals surface area contributed by atoms with E-state index in [1.165, 1.54) is 0 Å². The van der Waals surface area contributed by atoms with Gasteiger partial charge in [-0.05, 0) is 5.41 Å². The Labute approximate surface area is 61.2 Å². The van der Waals surface area contributed by atoms with Gasteiger partial charge in [0.15, 0.2) is 0 Å². The molecule has 1 aliphatic rings. The highest BCUT2D eigenvalue weighted by molar-refractivity contribution is 5.76. The van der Waals surface area contributed by atoms with E-state index in [0.29, 0.717) is 0 Å². The Kier molecular flexibility index (Phi) is 1.58. The summed E-state index contributed by atoms with van der Waals surface area (Å²) in [7, 11) is 0. The maximum atomic E-state index is 10.7. The molecule has 1 unspecified atom stereocenters. The van der Waals surface area contributed by atoms with E-state index in [4.69, 9.17) is 0 Å². The topological polar surface area (TPSA) is 41.1 Å². The fraction of sp³-hybridized carbons (Fsp3) is 0.857. The molecule has 1 heterocycles. The molecule has 1 rings (SSSR count). The van der Waals surface area contributed by atoms with Crippen LogP contribution in [0.4, 0.5) is 4.79 Å². The Hall–Kier alpha value is -0.730. The number of urea groups is 1. The fourth-order valence-electron chi connectivity index (χ4n) is 0.978. The van der Waals surface area contributed by atoms with Gasteiger partial charge in [0.25, 0.3) is 0 Å². The van der Waals surface area contributed by atoms with Crippen LogP contribution in [0.3, 0.4) is 0 Å². The van der Waals surface area contributed by atoms with Gasteiger partial charge >= 0.3 is 6.03 Å². The van der Waals surface area contributed by atoms with E-state index in [1.807, 2.05) is 0 Å². The van der Waals surface area contributed by atoms with Crippen molar-refractivity contribution in [2.45, 2.75) is 26.8 Å². The van der Waals surface area contributed by atoms with Crippen molar-refractivity contribution < 1.29 is 4.79 Å². The maximum absolute atomic E-state index is 10.7. The van der Waals surface area contributed by atoms with Crippen molar-refractivity contribution in [2.24, 2.45) is 5.41 Å². The van der Waals surface area contributed by atoms with Crippen LogP contribution in [-0.4, -0.2) is 18.6 Å². The molecular formula is C7H14N2O. The average molecular weight is 142 g/mol. The number of carbonyl (C=O) groups excluding carboxylic acids is 1. The second-order valence-corrected chi connectivity index (χ2v) is 3.77. The number of carbonyl (C=O) groups is 1. The molecule has 58 valence electrons. The van der Waals surface area contributed by atoms with Crippen LogP contribution in [0.1, 0.15) is 20.8 Å². The van der Waals surface area contributed by atoms with Crippen molar-refractivity contribution in [2.75, 3.05) is 6.54 Å². The second kappa shape index (κ2) is 2.15. The van der Waals surface area contributed by atoms with Gasteiger partial charge in [0.1, 0.15) is 0 Å². The molecule has 0 aromatic carbocycles. The molecule has 10 heavy (non-hydrogen) atoms. The molecule has 0 aromatic rings. The molecule has 2 amide bonds. The zero-order valence-corrected chi connectivity index (χ0v) is 6.69. The predicted octanol–water partition coefficient (Wildman–Crippen LogP) is 0.714. The third kappa shape index (κ3) is 1.40. The molecule has 1 atom stereocenters. The Morgan fingerprint density at radius 1 is 1.50 bits per heavy atom. The molecule has 1 aliphatic heterocycles. The van der Waals surface area contributed by atoms with E-state index in [2.05, 4.69) is 31.4 Å². The van der Waals surface area contributed by atoms with E-state index in [0.717, 1.165) is 6.54 Å². The summed E-state index contributed by atoms with van der Waals surface area (Å²) in [4.78, 5) is 10.7. The molecule has 0 bridgehead atoms. The van der Waals surface area contributed by atoms with Crippen molar-refractivity contribution in [3.63, 3.8) is 0 Å². The fourth-order valence-corrected chi connectivity index (χ4v) is 0.978. The minimum Gasteiger partial charge on any atom is -0.336 e. The molecule has 0 spiro atoms. The molecule has 1 saturated heterocycles. The van der Waals surface area contributed by atoms with E-state index in [1.54, 1.807) is 0 Å². The third-order valence-corrected chi connectivity index (χ3v) is 1.82. The lowest BCUT2D eigenvalue weighted by Crippen LogP contribution is -2.38. The summed E-state index contributed by atoms with van der Waals surface area (Å²) in [6.07, 6.45) is 0. The molecule has 0 aliphatic carbocycles. The molecular weight excluding hydrogens is 128 g/mol. The highest BCUT2D eigenvalue weighted by Crippen LogP contribution is 2.20. The molecule has 0 aromatic heterocycles. The molecule has 3 nitrogen and oxygen atoms in total. The molecule has 3 heteroatoms. The van der Waals surface area contributed by atoms with Crippen LogP contribution < -0.4 is 10.6 Å². The zero-order valence-electron chi connectivity index (χ0n) is 6.69. The average Bonchev–Trinajstić information content (AvgIpc) is 2.11. The number of amides is 2. The van der Waals surface area contributed by atoms with Crippen LogP contribution in [0, 0.1) is 5.41 Å². The lowest BCUT2D eigenvalue weighted by atomic mass is 9.87. The van der Waals surface area contributed by atoms with Crippen LogP contribution in [0.25, 0.3) is 0 Å². The predicted molar refractivity (Wildman–Crippen MR) is 39.8 cm³/mol. The van der Waals surface area contributed by atoms with Crippen LogP contribution in [-0.2, 0) is 0 Å². The van der Waals surface area contributed by atoms with Gasteiger partial charge in [-0.1, -0.05) is 20.8 Å². The van der Waals surface area contributed by atoms with E-state index in [-0.39, 0.29) is 17.5 Å². The minimum absolute atomic E-state index is 0.0417. The molecule has 1 fully saturated rings. The Morgan fingerprint density at radius 2 is 2.10 bits per heavy atom. The summed E-state index contributed by atoms with van der Waals surface area (Å²) < 4.78 is 0. The van der Waals surface area contributed by atoms with Crippen LogP contribution >= 0.6 is 0 Å². The maximum Gasteiger partial charge on any atom is 0.315 e. The molecule has 0 saturated carbocycles. The quantitative estimate of drug-likeness (QED) is 0.514. The van der Waals surface area contributed by atoms with Crippen molar-refractivity contribution >= 4 is 6.03 Å². The summed E-state index contributed by atoms with van der Waals surface area (Å²) in [5.74, 6) is 0. The Bertz CT molecular complexity index is 148. The van der Waals surface area contributed by atoms with Gasteiger partial charge < -0.3 is 10.6 Å². The standard InChI is InChI=1S/C7H14N2O/c1-7(2,3)5-4-8-6(10)9-5/h5H,4H2,1-3H3,(H2,8,9,10). The summed E-state index contributed by atoms with van der Waals surface area (Å²) in [5.41, 5.74) is 0.166. The number of hydrogen-bond acceptors (Lipinski definition) is 1. The minimum atomic E-state index is -0.0417. The van der Waals surface area contributed by atoms with Gasteiger partial charge in [0, 0.05) is 6.54 Å². The van der Waals surface area contributed by atoms with Gasteiger partial charge in [0.2, 0.25) is 0 Å². The Balaban J connectivity index is 2.53. The summed E-state index contributed by atoms with van der Waals surface area (Å²) in [5, 5.41) is 5.57. The van der Waals surface area contributed by atoms with E-state index in [9.17, 15) is 4.79 Å². The summed E-state index contributed by atoms with van der Waals surface area (Å²) in [6.45, 7) is 7.10. The highest BCUT2D eigenvalue weighted by Gasteiger charge is 2.30. The monoisotopic (exact) mass is 142 g/mol. The third-order valence-electron chi connectivity index (χ3n) is 1.82. The summed E-state index contributed by atoms with van der Waals surface area (Å²) in [6, 6.07) is 0.236. The van der Waals surface area contributed by atoms with Crippen molar-refractivity contribution in [3.05, 3.63) is 0 Å². The second-order valence-electron chi connectivity index (χ2n) is 3.77. The smallest absolute Gasteiger partial charge is 0.315 e. The van der Waals surface area contributed by atoms with Gasteiger partial charge in [0.05, 0.1) is 6.04 Å². The molecule has 2 N–H and O–H groups in total. The van der Waals surface area contributed by atoms with Crippen LogP contribution in [0.15, 0.2) is 0 Å². The van der Waals surface area contributed by atoms with Crippen molar-refractivity contribution in [1.29, 1.82) is 0 Å².